The Morgan fingerprint density at radius 1 is 1.44 bits per heavy atom. The first-order valence-electron chi connectivity index (χ1n) is 6.21. The number of nitrogens with two attached hydrogens (primary N) is 1. The highest BCUT2D eigenvalue weighted by atomic mass is 15.3. The predicted molar refractivity (Wildman–Crippen MR) is 70.5 cm³/mol. The smallest absolute Gasteiger partial charge is 0.127 e. The second-order valence-corrected chi connectivity index (χ2v) is 4.19. The van der Waals surface area contributed by atoms with Gasteiger partial charge in [-0.05, 0) is 31.4 Å². The maximum absolute atomic E-state index is 5.63. The maximum atomic E-state index is 5.63. The number of aromatic nitrogens is 3. The van der Waals surface area contributed by atoms with Gasteiger partial charge in [-0.2, -0.15) is 0 Å². The second kappa shape index (κ2) is 6.28. The van der Waals surface area contributed by atoms with Crippen molar-refractivity contribution >= 4 is 0 Å². The van der Waals surface area contributed by atoms with Crippen LogP contribution < -0.4 is 11.3 Å². The Labute approximate surface area is 107 Å². The van der Waals surface area contributed by atoms with Gasteiger partial charge >= 0.3 is 0 Å². The Kier molecular flexibility index (Phi) is 4.44. The zero-order valence-electron chi connectivity index (χ0n) is 10.6. The number of hydrazine groups is 1. The molecule has 0 amide bonds. The van der Waals surface area contributed by atoms with Gasteiger partial charge in [0.15, 0.2) is 0 Å². The molecule has 2 aromatic rings. The highest BCUT2D eigenvalue weighted by molar-refractivity contribution is 5.09. The second-order valence-electron chi connectivity index (χ2n) is 4.19. The molecular weight excluding hydrogens is 226 g/mol. The van der Waals surface area contributed by atoms with Crippen LogP contribution >= 0.6 is 0 Å². The molecule has 1 unspecified atom stereocenters. The van der Waals surface area contributed by atoms with Gasteiger partial charge in [0.25, 0.3) is 0 Å². The van der Waals surface area contributed by atoms with Gasteiger partial charge in [0.05, 0.1) is 6.04 Å². The topological polar surface area (TPSA) is 68.8 Å². The van der Waals surface area contributed by atoms with Crippen LogP contribution in [0.5, 0.6) is 0 Å². The van der Waals surface area contributed by atoms with Crippen molar-refractivity contribution in [3.05, 3.63) is 48.3 Å². The molecule has 0 saturated carbocycles. The van der Waals surface area contributed by atoms with Gasteiger partial charge in [0.1, 0.15) is 5.82 Å². The summed E-state index contributed by atoms with van der Waals surface area (Å²) in [5.41, 5.74) is 4.06. The summed E-state index contributed by atoms with van der Waals surface area (Å²) in [5, 5.41) is 0. The molecule has 0 aliphatic heterocycles. The Morgan fingerprint density at radius 3 is 3.00 bits per heavy atom. The molecule has 2 heterocycles. The van der Waals surface area contributed by atoms with Crippen LogP contribution in [0.15, 0.2) is 36.9 Å². The number of pyridine rings is 1. The van der Waals surface area contributed by atoms with Crippen molar-refractivity contribution in [2.75, 3.05) is 0 Å². The van der Waals surface area contributed by atoms with Gasteiger partial charge in [0.2, 0.25) is 0 Å². The molecule has 0 saturated heterocycles. The van der Waals surface area contributed by atoms with E-state index in [2.05, 4.69) is 33.0 Å². The molecule has 0 radical (unpaired) electrons. The van der Waals surface area contributed by atoms with Gasteiger partial charge in [-0.1, -0.05) is 6.07 Å². The quantitative estimate of drug-likeness (QED) is 0.597. The molecule has 0 aliphatic rings. The molecule has 1 atom stereocenters. The van der Waals surface area contributed by atoms with E-state index >= 15 is 0 Å². The van der Waals surface area contributed by atoms with Crippen molar-refractivity contribution in [1.29, 1.82) is 0 Å². The van der Waals surface area contributed by atoms with Crippen LogP contribution in [0, 0.1) is 0 Å². The fourth-order valence-corrected chi connectivity index (χ4v) is 2.04. The van der Waals surface area contributed by atoms with E-state index in [0.717, 1.165) is 25.2 Å². The molecule has 18 heavy (non-hydrogen) atoms. The number of hydrogen-bond donors (Lipinski definition) is 2. The lowest BCUT2D eigenvalue weighted by Crippen LogP contribution is -2.30. The van der Waals surface area contributed by atoms with Crippen molar-refractivity contribution in [3.63, 3.8) is 0 Å². The summed E-state index contributed by atoms with van der Waals surface area (Å²) in [5.74, 6) is 6.62. The largest absolute Gasteiger partial charge is 0.334 e. The maximum Gasteiger partial charge on any atom is 0.127 e. The van der Waals surface area contributed by atoms with Gasteiger partial charge < -0.3 is 4.57 Å². The third-order valence-electron chi connectivity index (χ3n) is 3.05. The SMILES string of the molecule is CCn1ccnc1C(CCc1cccnc1)NN. The van der Waals surface area contributed by atoms with Crippen LogP contribution in [0.1, 0.15) is 30.8 Å². The van der Waals surface area contributed by atoms with E-state index in [4.69, 9.17) is 5.84 Å². The van der Waals surface area contributed by atoms with Crippen LogP contribution in [-0.4, -0.2) is 14.5 Å². The van der Waals surface area contributed by atoms with Gasteiger partial charge in [-0.25, -0.2) is 10.4 Å². The minimum atomic E-state index is 0.0696. The van der Waals surface area contributed by atoms with Crippen molar-refractivity contribution in [1.82, 2.24) is 20.0 Å². The van der Waals surface area contributed by atoms with E-state index in [0.29, 0.717) is 0 Å². The third kappa shape index (κ3) is 2.94. The van der Waals surface area contributed by atoms with Crippen molar-refractivity contribution in [3.8, 4) is 0 Å². The van der Waals surface area contributed by atoms with Crippen molar-refractivity contribution < 1.29 is 0 Å². The Balaban J connectivity index is 2.02. The number of nitrogens with zero attached hydrogens (tertiary/aromatic N) is 3. The molecule has 2 rings (SSSR count). The molecule has 0 spiro atoms. The van der Waals surface area contributed by atoms with Crippen LogP contribution in [-0.2, 0) is 13.0 Å². The average Bonchev–Trinajstić information content (AvgIpc) is 2.89. The molecule has 96 valence electrons. The number of rotatable bonds is 6. The minimum Gasteiger partial charge on any atom is -0.334 e. The van der Waals surface area contributed by atoms with E-state index < -0.39 is 0 Å². The number of imidazole rings is 1. The summed E-state index contributed by atoms with van der Waals surface area (Å²) in [4.78, 5) is 8.49. The van der Waals surface area contributed by atoms with Crippen LogP contribution in [0.2, 0.25) is 0 Å². The summed E-state index contributed by atoms with van der Waals surface area (Å²) in [6, 6.07) is 4.10. The number of hydrogen-bond acceptors (Lipinski definition) is 4. The normalized spacial score (nSPS) is 12.6. The summed E-state index contributed by atoms with van der Waals surface area (Å²) in [6.45, 7) is 3.00. The van der Waals surface area contributed by atoms with Crippen LogP contribution in [0.3, 0.4) is 0 Å². The molecule has 0 bridgehead atoms. The molecule has 3 N–H and O–H groups in total. The summed E-state index contributed by atoms with van der Waals surface area (Å²) in [6.07, 6.45) is 9.29. The molecule has 5 heteroatoms. The zero-order chi connectivity index (χ0) is 12.8. The van der Waals surface area contributed by atoms with Gasteiger partial charge in [-0.15, -0.1) is 0 Å². The minimum absolute atomic E-state index is 0.0696. The first-order valence-corrected chi connectivity index (χ1v) is 6.21. The highest BCUT2D eigenvalue weighted by Gasteiger charge is 2.14. The highest BCUT2D eigenvalue weighted by Crippen LogP contribution is 2.16. The Bertz CT molecular complexity index is 465. The van der Waals surface area contributed by atoms with E-state index in [1.165, 1.54) is 5.56 Å². The lowest BCUT2D eigenvalue weighted by molar-refractivity contribution is 0.469. The first-order chi connectivity index (χ1) is 8.85. The number of aryl methyl sites for hydroxylation is 2. The molecule has 0 fully saturated rings. The van der Waals surface area contributed by atoms with E-state index in [-0.39, 0.29) is 6.04 Å². The monoisotopic (exact) mass is 245 g/mol. The molecule has 0 aromatic carbocycles. The van der Waals surface area contributed by atoms with E-state index in [9.17, 15) is 0 Å². The van der Waals surface area contributed by atoms with Crippen molar-refractivity contribution in [2.24, 2.45) is 5.84 Å². The Morgan fingerprint density at radius 2 is 2.33 bits per heavy atom. The molecule has 0 aliphatic carbocycles. The zero-order valence-corrected chi connectivity index (χ0v) is 10.6. The van der Waals surface area contributed by atoms with E-state index in [1.807, 2.05) is 24.7 Å². The summed E-state index contributed by atoms with van der Waals surface area (Å²) in [7, 11) is 0. The number of nitrogens with one attached hydrogen (secondary N) is 1. The van der Waals surface area contributed by atoms with Gasteiger partial charge in [0, 0.05) is 31.3 Å². The third-order valence-corrected chi connectivity index (χ3v) is 3.05. The molecular formula is C13H19N5. The average molecular weight is 245 g/mol. The first kappa shape index (κ1) is 12.7. The molecule has 2 aromatic heterocycles. The van der Waals surface area contributed by atoms with Crippen molar-refractivity contribution in [2.45, 2.75) is 32.4 Å². The Hall–Kier alpha value is -1.72. The summed E-state index contributed by atoms with van der Waals surface area (Å²) >= 11 is 0. The fraction of sp³-hybridized carbons (Fsp3) is 0.385. The van der Waals surface area contributed by atoms with Crippen LogP contribution in [0.25, 0.3) is 0 Å². The molecule has 5 nitrogen and oxygen atoms in total. The summed E-state index contributed by atoms with van der Waals surface area (Å²) < 4.78 is 2.10. The fourth-order valence-electron chi connectivity index (χ4n) is 2.04. The van der Waals surface area contributed by atoms with Gasteiger partial charge in [-0.3, -0.25) is 10.8 Å². The predicted octanol–water partition coefficient (Wildman–Crippen LogP) is 1.44. The lowest BCUT2D eigenvalue weighted by Gasteiger charge is -2.16. The van der Waals surface area contributed by atoms with Crippen LogP contribution in [0.4, 0.5) is 0 Å². The standard InChI is InChI=1S/C13H19N5/c1-2-18-9-8-16-13(18)12(17-14)6-5-11-4-3-7-15-10-11/h3-4,7-10,12,17H,2,5-6,14H2,1H3. The lowest BCUT2D eigenvalue weighted by atomic mass is 10.1. The van der Waals surface area contributed by atoms with E-state index in [1.54, 1.807) is 6.20 Å².